The third kappa shape index (κ3) is 5.33. The van der Waals surface area contributed by atoms with Gasteiger partial charge in [0.05, 0.1) is 12.6 Å². The molecule has 0 aromatic carbocycles. The zero-order valence-electron chi connectivity index (χ0n) is 16.0. The Morgan fingerprint density at radius 1 is 1.25 bits per heavy atom. The minimum absolute atomic E-state index is 0.0809. The zero-order chi connectivity index (χ0) is 17.6. The van der Waals surface area contributed by atoms with E-state index in [9.17, 15) is 5.11 Å². The van der Waals surface area contributed by atoms with Crippen LogP contribution in [0, 0.1) is 5.41 Å². The van der Waals surface area contributed by atoms with Gasteiger partial charge in [-0.2, -0.15) is 0 Å². The normalized spacial score (nSPS) is 33.5. The van der Waals surface area contributed by atoms with Gasteiger partial charge < -0.3 is 20.6 Å². The maximum absolute atomic E-state index is 10.3. The molecule has 0 aromatic rings. The first-order valence-corrected chi connectivity index (χ1v) is 9.53. The van der Waals surface area contributed by atoms with E-state index >= 15 is 0 Å². The lowest BCUT2D eigenvalue weighted by molar-refractivity contribution is 0.00715. The molecule has 1 aliphatic heterocycles. The molecule has 0 amide bonds. The van der Waals surface area contributed by atoms with Crippen molar-refractivity contribution in [1.82, 2.24) is 20.4 Å². The number of guanidine groups is 1. The fourth-order valence-electron chi connectivity index (χ4n) is 3.70. The third-order valence-corrected chi connectivity index (χ3v) is 5.71. The van der Waals surface area contributed by atoms with E-state index in [1.807, 2.05) is 0 Å². The van der Waals surface area contributed by atoms with Gasteiger partial charge >= 0.3 is 0 Å². The quantitative estimate of drug-likeness (QED) is 0.509. The van der Waals surface area contributed by atoms with Gasteiger partial charge in [-0.05, 0) is 33.9 Å². The molecule has 140 valence electrons. The average molecular weight is 340 g/mol. The van der Waals surface area contributed by atoms with Crippen LogP contribution in [-0.2, 0) is 0 Å². The third-order valence-electron chi connectivity index (χ3n) is 5.71. The highest BCUT2D eigenvalue weighted by atomic mass is 16.3. The number of aliphatic imine (C=N–C) groups is 1. The number of piperazine rings is 1. The lowest BCUT2D eigenvalue weighted by Gasteiger charge is -2.38. The predicted molar refractivity (Wildman–Crippen MR) is 100 cm³/mol. The second-order valence-electron chi connectivity index (χ2n) is 7.89. The van der Waals surface area contributed by atoms with Crippen LogP contribution in [0.5, 0.6) is 0 Å². The van der Waals surface area contributed by atoms with Crippen molar-refractivity contribution < 1.29 is 5.11 Å². The summed E-state index contributed by atoms with van der Waals surface area (Å²) in [5.41, 5.74) is -0.0809. The van der Waals surface area contributed by atoms with Crippen molar-refractivity contribution in [1.29, 1.82) is 0 Å². The fourth-order valence-corrected chi connectivity index (χ4v) is 3.70. The molecule has 1 heterocycles. The van der Waals surface area contributed by atoms with Crippen LogP contribution in [0.25, 0.3) is 0 Å². The summed E-state index contributed by atoms with van der Waals surface area (Å²) >= 11 is 0. The lowest BCUT2D eigenvalue weighted by atomic mass is 9.73. The minimum atomic E-state index is -0.226. The molecule has 2 aliphatic rings. The van der Waals surface area contributed by atoms with Gasteiger partial charge in [0, 0.05) is 44.2 Å². The Morgan fingerprint density at radius 2 is 2.04 bits per heavy atom. The Kier molecular flexibility index (Phi) is 7.32. The number of aliphatic hydroxyl groups is 1. The van der Waals surface area contributed by atoms with Gasteiger partial charge in [0.25, 0.3) is 0 Å². The van der Waals surface area contributed by atoms with Crippen molar-refractivity contribution in [3.05, 3.63) is 0 Å². The molecule has 0 bridgehead atoms. The average Bonchev–Trinajstić information content (AvgIpc) is 2.56. The summed E-state index contributed by atoms with van der Waals surface area (Å²) in [4.78, 5) is 9.59. The van der Waals surface area contributed by atoms with E-state index in [-0.39, 0.29) is 11.5 Å². The van der Waals surface area contributed by atoms with Gasteiger partial charge in [-0.25, -0.2) is 0 Å². The highest BCUT2D eigenvalue weighted by molar-refractivity contribution is 5.79. The maximum atomic E-state index is 10.3. The lowest BCUT2D eigenvalue weighted by Crippen LogP contribution is -2.55. The molecule has 6 heteroatoms. The molecule has 1 saturated heterocycles. The minimum Gasteiger partial charge on any atom is -0.392 e. The number of rotatable bonds is 5. The first-order valence-electron chi connectivity index (χ1n) is 9.53. The second-order valence-corrected chi connectivity index (χ2v) is 7.89. The van der Waals surface area contributed by atoms with E-state index in [0.29, 0.717) is 12.6 Å². The Labute approximate surface area is 147 Å². The maximum Gasteiger partial charge on any atom is 0.191 e. The van der Waals surface area contributed by atoms with Crippen molar-refractivity contribution >= 4 is 5.96 Å². The van der Waals surface area contributed by atoms with Crippen LogP contribution in [0.15, 0.2) is 4.99 Å². The predicted octanol–water partition coefficient (Wildman–Crippen LogP) is 0.729. The first kappa shape index (κ1) is 19.5. The molecular weight excluding hydrogens is 302 g/mol. The van der Waals surface area contributed by atoms with Crippen LogP contribution >= 0.6 is 0 Å². The molecule has 2 rings (SSSR count). The summed E-state index contributed by atoms with van der Waals surface area (Å²) in [6.45, 7) is 10.0. The van der Waals surface area contributed by atoms with Gasteiger partial charge in [0.2, 0.25) is 0 Å². The van der Waals surface area contributed by atoms with E-state index in [2.05, 4.69) is 48.4 Å². The van der Waals surface area contributed by atoms with Crippen molar-refractivity contribution in [3.63, 3.8) is 0 Å². The molecule has 3 N–H and O–H groups in total. The number of likely N-dealkylation sites (N-methyl/N-ethyl adjacent to an activating group) is 2. The zero-order valence-corrected chi connectivity index (χ0v) is 16.0. The standard InChI is InChI=1S/C18H37N5O/c1-5-19-17(20-12-15-13-22(3)10-11-23(15)4)21-14-18(2)9-7-6-8-16(18)24/h15-16,24H,5-14H2,1-4H3,(H2,19,20,21). The van der Waals surface area contributed by atoms with Gasteiger partial charge in [0.15, 0.2) is 5.96 Å². The summed E-state index contributed by atoms with van der Waals surface area (Å²) in [6, 6.07) is 0.503. The molecule has 0 aromatic heterocycles. The van der Waals surface area contributed by atoms with E-state index in [0.717, 1.165) is 57.9 Å². The summed E-state index contributed by atoms with van der Waals surface area (Å²) in [5, 5.41) is 17.2. The highest BCUT2D eigenvalue weighted by Gasteiger charge is 2.35. The number of nitrogens with one attached hydrogen (secondary N) is 2. The molecule has 0 radical (unpaired) electrons. The Hall–Kier alpha value is -0.850. The van der Waals surface area contributed by atoms with Crippen molar-refractivity contribution in [2.75, 3.05) is 53.4 Å². The summed E-state index contributed by atoms with van der Waals surface area (Å²) < 4.78 is 0. The Morgan fingerprint density at radius 3 is 2.75 bits per heavy atom. The molecule has 1 aliphatic carbocycles. The van der Waals surface area contributed by atoms with E-state index in [1.165, 1.54) is 6.42 Å². The summed E-state index contributed by atoms with van der Waals surface area (Å²) in [7, 11) is 4.38. The van der Waals surface area contributed by atoms with E-state index < -0.39 is 0 Å². The van der Waals surface area contributed by atoms with Crippen LogP contribution in [0.2, 0.25) is 0 Å². The fraction of sp³-hybridized carbons (Fsp3) is 0.944. The Bertz CT molecular complexity index is 416. The number of nitrogens with zero attached hydrogens (tertiary/aromatic N) is 3. The Balaban J connectivity index is 1.90. The van der Waals surface area contributed by atoms with Crippen molar-refractivity contribution in [2.45, 2.75) is 51.7 Å². The van der Waals surface area contributed by atoms with Gasteiger partial charge in [-0.3, -0.25) is 9.89 Å². The van der Waals surface area contributed by atoms with Crippen LogP contribution in [0.4, 0.5) is 0 Å². The highest BCUT2D eigenvalue weighted by Crippen LogP contribution is 2.36. The SMILES string of the molecule is CCNC(=NCC1(C)CCCCC1O)NCC1CN(C)CCN1C. The van der Waals surface area contributed by atoms with Crippen LogP contribution in [-0.4, -0.2) is 86.4 Å². The van der Waals surface area contributed by atoms with Crippen molar-refractivity contribution in [2.24, 2.45) is 10.4 Å². The van der Waals surface area contributed by atoms with Gasteiger partial charge in [0.1, 0.15) is 0 Å². The van der Waals surface area contributed by atoms with Crippen LogP contribution in [0.3, 0.4) is 0 Å². The summed E-state index contributed by atoms with van der Waals surface area (Å²) in [6.07, 6.45) is 4.09. The molecule has 3 unspecified atom stereocenters. The topological polar surface area (TPSA) is 63.1 Å². The molecule has 24 heavy (non-hydrogen) atoms. The van der Waals surface area contributed by atoms with Crippen LogP contribution in [0.1, 0.15) is 39.5 Å². The molecule has 3 atom stereocenters. The smallest absolute Gasteiger partial charge is 0.191 e. The number of hydrogen-bond acceptors (Lipinski definition) is 4. The van der Waals surface area contributed by atoms with E-state index in [4.69, 9.17) is 4.99 Å². The molecule has 0 spiro atoms. The van der Waals surface area contributed by atoms with Gasteiger partial charge in [-0.15, -0.1) is 0 Å². The monoisotopic (exact) mass is 339 g/mol. The molecule has 6 nitrogen and oxygen atoms in total. The van der Waals surface area contributed by atoms with Crippen LogP contribution < -0.4 is 10.6 Å². The number of aliphatic hydroxyl groups excluding tert-OH is 1. The number of hydrogen-bond donors (Lipinski definition) is 3. The molecule has 2 fully saturated rings. The summed E-state index contributed by atoms with van der Waals surface area (Å²) in [5.74, 6) is 0.873. The van der Waals surface area contributed by atoms with E-state index in [1.54, 1.807) is 0 Å². The first-order chi connectivity index (χ1) is 11.4. The largest absolute Gasteiger partial charge is 0.392 e. The second kappa shape index (κ2) is 9.02. The molecule has 1 saturated carbocycles. The molecular formula is C18H37N5O. The van der Waals surface area contributed by atoms with Crippen molar-refractivity contribution in [3.8, 4) is 0 Å². The van der Waals surface area contributed by atoms with Gasteiger partial charge in [-0.1, -0.05) is 19.8 Å².